The molecular weight excluding hydrogens is 288 g/mol. The van der Waals surface area contributed by atoms with Crippen molar-refractivity contribution in [2.45, 2.75) is 37.5 Å². The lowest BCUT2D eigenvalue weighted by molar-refractivity contribution is 0.389. The van der Waals surface area contributed by atoms with Crippen molar-refractivity contribution in [3.63, 3.8) is 0 Å². The fraction of sp³-hybridized carbons (Fsp3) is 0.667. The Morgan fingerprint density at radius 1 is 1.40 bits per heavy atom. The number of hydrogen-bond acceptors (Lipinski definition) is 3. The maximum Gasteiger partial charge on any atom is 0.166 e. The molecule has 0 aromatic carbocycles. The second kappa shape index (κ2) is 6.85. The van der Waals surface area contributed by atoms with Crippen LogP contribution in [0.2, 0.25) is 0 Å². The molecule has 2 bridgehead atoms. The van der Waals surface area contributed by atoms with Gasteiger partial charge in [-0.25, -0.2) is 0 Å². The molecule has 110 valence electrons. The molecule has 3 atom stereocenters. The standard InChI is InChI=1S/C15H22N2OS2/c19-15(17-14-9-11-3-4-12(14)8-11)16-5-7-20-10-13-2-1-6-18-13/h1-2,6,11-12,14H,3-5,7-10H2,(H2,16,17,19)/t11-,12+,14+/m0/s1. The quantitative estimate of drug-likeness (QED) is 0.623. The van der Waals surface area contributed by atoms with Gasteiger partial charge in [-0.1, -0.05) is 6.42 Å². The molecule has 0 spiro atoms. The van der Waals surface area contributed by atoms with Crippen LogP contribution in [-0.4, -0.2) is 23.5 Å². The zero-order valence-electron chi connectivity index (χ0n) is 11.6. The van der Waals surface area contributed by atoms with E-state index in [9.17, 15) is 0 Å². The average Bonchev–Trinajstić information content (AvgIpc) is 3.15. The summed E-state index contributed by atoms with van der Waals surface area (Å²) in [7, 11) is 0. The average molecular weight is 310 g/mol. The Balaban J connectivity index is 1.26. The molecule has 2 saturated carbocycles. The van der Waals surface area contributed by atoms with Gasteiger partial charge >= 0.3 is 0 Å². The minimum Gasteiger partial charge on any atom is -0.468 e. The lowest BCUT2D eigenvalue weighted by Crippen LogP contribution is -2.44. The molecule has 2 aliphatic carbocycles. The molecular formula is C15H22N2OS2. The maximum atomic E-state index is 5.39. The van der Waals surface area contributed by atoms with Gasteiger partial charge in [0, 0.05) is 18.3 Å². The first-order chi connectivity index (χ1) is 9.81. The van der Waals surface area contributed by atoms with Crippen LogP contribution in [0.4, 0.5) is 0 Å². The summed E-state index contributed by atoms with van der Waals surface area (Å²) in [6.07, 6.45) is 7.29. The summed E-state index contributed by atoms with van der Waals surface area (Å²) in [4.78, 5) is 0. The van der Waals surface area contributed by atoms with Crippen molar-refractivity contribution in [2.75, 3.05) is 12.3 Å². The Labute approximate surface area is 130 Å². The molecule has 0 radical (unpaired) electrons. The van der Waals surface area contributed by atoms with E-state index in [1.54, 1.807) is 6.26 Å². The predicted octanol–water partition coefficient (Wildman–Crippen LogP) is 3.17. The molecule has 1 heterocycles. The van der Waals surface area contributed by atoms with Gasteiger partial charge in [0.25, 0.3) is 0 Å². The normalized spacial score (nSPS) is 27.7. The zero-order valence-corrected chi connectivity index (χ0v) is 13.3. The van der Waals surface area contributed by atoms with Crippen molar-refractivity contribution in [1.29, 1.82) is 0 Å². The van der Waals surface area contributed by atoms with Gasteiger partial charge in [0.15, 0.2) is 5.11 Å². The van der Waals surface area contributed by atoms with E-state index >= 15 is 0 Å². The van der Waals surface area contributed by atoms with Crippen LogP contribution in [0.3, 0.4) is 0 Å². The summed E-state index contributed by atoms with van der Waals surface area (Å²) >= 11 is 7.25. The third-order valence-corrected chi connectivity index (χ3v) is 5.65. The largest absolute Gasteiger partial charge is 0.468 e. The molecule has 0 saturated heterocycles. The van der Waals surface area contributed by atoms with Gasteiger partial charge in [-0.05, 0) is 55.4 Å². The summed E-state index contributed by atoms with van der Waals surface area (Å²) in [6, 6.07) is 4.58. The highest BCUT2D eigenvalue weighted by molar-refractivity contribution is 7.98. The van der Waals surface area contributed by atoms with Crippen LogP contribution in [-0.2, 0) is 5.75 Å². The van der Waals surface area contributed by atoms with E-state index in [2.05, 4.69) is 10.6 Å². The Bertz CT molecular complexity index is 435. The first-order valence-corrected chi connectivity index (χ1v) is 9.02. The molecule has 0 amide bonds. The van der Waals surface area contributed by atoms with E-state index in [0.29, 0.717) is 6.04 Å². The van der Waals surface area contributed by atoms with Crippen LogP contribution in [0.1, 0.15) is 31.4 Å². The van der Waals surface area contributed by atoms with Gasteiger partial charge in [-0.3, -0.25) is 0 Å². The van der Waals surface area contributed by atoms with E-state index in [0.717, 1.165) is 40.8 Å². The van der Waals surface area contributed by atoms with Crippen LogP contribution in [0.5, 0.6) is 0 Å². The van der Waals surface area contributed by atoms with Crippen LogP contribution in [0, 0.1) is 11.8 Å². The highest BCUT2D eigenvalue weighted by atomic mass is 32.2. The summed E-state index contributed by atoms with van der Waals surface area (Å²) in [6.45, 7) is 0.915. The SMILES string of the molecule is S=C(NCCSCc1ccco1)N[C@@H]1C[C@H]2CC[C@@H]1C2. The topological polar surface area (TPSA) is 37.2 Å². The molecule has 20 heavy (non-hydrogen) atoms. The zero-order chi connectivity index (χ0) is 13.8. The number of thiocarbonyl (C=S) groups is 1. The Hall–Kier alpha value is -0.680. The summed E-state index contributed by atoms with van der Waals surface area (Å²) in [5.41, 5.74) is 0. The van der Waals surface area contributed by atoms with Gasteiger partial charge in [0.1, 0.15) is 5.76 Å². The number of nitrogens with one attached hydrogen (secondary N) is 2. The second-order valence-electron chi connectivity index (χ2n) is 5.81. The molecule has 3 rings (SSSR count). The number of fused-ring (bicyclic) bond motifs is 2. The van der Waals surface area contributed by atoms with E-state index in [-0.39, 0.29) is 0 Å². The van der Waals surface area contributed by atoms with Crippen molar-refractivity contribution in [2.24, 2.45) is 11.8 Å². The summed E-state index contributed by atoms with van der Waals surface area (Å²) in [5.74, 6) is 4.84. The summed E-state index contributed by atoms with van der Waals surface area (Å²) in [5, 5.41) is 7.66. The number of hydrogen-bond donors (Lipinski definition) is 2. The minimum atomic E-state index is 0.629. The monoisotopic (exact) mass is 310 g/mol. The predicted molar refractivity (Wildman–Crippen MR) is 87.8 cm³/mol. The lowest BCUT2D eigenvalue weighted by atomic mass is 9.96. The maximum absolute atomic E-state index is 5.39. The summed E-state index contributed by atoms with van der Waals surface area (Å²) < 4.78 is 5.30. The first-order valence-electron chi connectivity index (χ1n) is 7.46. The van der Waals surface area contributed by atoms with Gasteiger partial charge in [0.2, 0.25) is 0 Å². The van der Waals surface area contributed by atoms with Gasteiger partial charge < -0.3 is 15.1 Å². The van der Waals surface area contributed by atoms with Gasteiger partial charge in [0.05, 0.1) is 12.0 Å². The highest BCUT2D eigenvalue weighted by Crippen LogP contribution is 2.44. The minimum absolute atomic E-state index is 0.629. The van der Waals surface area contributed by atoms with Gasteiger partial charge in [-0.15, -0.1) is 0 Å². The van der Waals surface area contributed by atoms with Crippen molar-refractivity contribution >= 4 is 29.1 Å². The van der Waals surface area contributed by atoms with E-state index in [1.807, 2.05) is 23.9 Å². The Morgan fingerprint density at radius 2 is 2.35 bits per heavy atom. The van der Waals surface area contributed by atoms with Crippen LogP contribution in [0.25, 0.3) is 0 Å². The first kappa shape index (κ1) is 14.3. The van der Waals surface area contributed by atoms with Crippen molar-refractivity contribution in [3.8, 4) is 0 Å². The molecule has 2 aliphatic rings. The molecule has 0 aliphatic heterocycles. The van der Waals surface area contributed by atoms with Crippen molar-refractivity contribution < 1.29 is 4.42 Å². The third kappa shape index (κ3) is 3.70. The highest BCUT2D eigenvalue weighted by Gasteiger charge is 2.39. The van der Waals surface area contributed by atoms with Crippen molar-refractivity contribution in [3.05, 3.63) is 24.2 Å². The van der Waals surface area contributed by atoms with Gasteiger partial charge in [-0.2, -0.15) is 11.8 Å². The van der Waals surface area contributed by atoms with E-state index < -0.39 is 0 Å². The molecule has 0 unspecified atom stereocenters. The fourth-order valence-corrected chi connectivity index (χ4v) is 4.45. The van der Waals surface area contributed by atoms with E-state index in [1.165, 1.54) is 25.7 Å². The lowest BCUT2D eigenvalue weighted by Gasteiger charge is -2.24. The van der Waals surface area contributed by atoms with Crippen LogP contribution >= 0.6 is 24.0 Å². The second-order valence-corrected chi connectivity index (χ2v) is 7.33. The van der Waals surface area contributed by atoms with E-state index in [4.69, 9.17) is 16.6 Å². The molecule has 1 aromatic rings. The Morgan fingerprint density at radius 3 is 3.05 bits per heavy atom. The molecule has 3 nitrogen and oxygen atoms in total. The molecule has 5 heteroatoms. The van der Waals surface area contributed by atoms with Crippen molar-refractivity contribution in [1.82, 2.24) is 10.6 Å². The third-order valence-electron chi connectivity index (χ3n) is 4.41. The van der Waals surface area contributed by atoms with Crippen LogP contribution < -0.4 is 10.6 Å². The molecule has 2 N–H and O–H groups in total. The molecule has 2 fully saturated rings. The van der Waals surface area contributed by atoms with Crippen LogP contribution in [0.15, 0.2) is 22.8 Å². The number of thioether (sulfide) groups is 1. The smallest absolute Gasteiger partial charge is 0.166 e. The number of furan rings is 1. The Kier molecular flexibility index (Phi) is 4.89. The fourth-order valence-electron chi connectivity index (χ4n) is 3.45. The number of rotatable bonds is 6. The molecule has 1 aromatic heterocycles.